The Hall–Kier alpha value is -1.97. The number of hydrogen-bond acceptors (Lipinski definition) is 2. The molecule has 4 nitrogen and oxygen atoms in total. The van der Waals surface area contributed by atoms with Gasteiger partial charge >= 0.3 is 0 Å². The van der Waals surface area contributed by atoms with Crippen molar-refractivity contribution in [3.05, 3.63) is 45.9 Å². The van der Waals surface area contributed by atoms with Crippen LogP contribution >= 0.6 is 0 Å². The van der Waals surface area contributed by atoms with Crippen LogP contribution in [0.4, 0.5) is 0 Å². The van der Waals surface area contributed by atoms with Gasteiger partial charge in [-0.15, -0.1) is 0 Å². The summed E-state index contributed by atoms with van der Waals surface area (Å²) in [6, 6.07) is 7.63. The summed E-state index contributed by atoms with van der Waals surface area (Å²) in [4.78, 5) is 13.1. The third kappa shape index (κ3) is 1.69. The van der Waals surface area contributed by atoms with Crippen LogP contribution in [-0.4, -0.2) is 16.9 Å². The van der Waals surface area contributed by atoms with E-state index in [1.165, 1.54) is 6.42 Å². The first-order valence-electron chi connectivity index (χ1n) is 8.40. The number of benzene rings is 1. The maximum absolute atomic E-state index is 13.1. The maximum Gasteiger partial charge on any atom is 0.274 e. The second-order valence-corrected chi connectivity index (χ2v) is 7.74. The summed E-state index contributed by atoms with van der Waals surface area (Å²) in [5.74, 6) is 1.16. The lowest BCUT2D eigenvalue weighted by molar-refractivity contribution is 0.104. The van der Waals surface area contributed by atoms with Crippen molar-refractivity contribution in [1.82, 2.24) is 9.78 Å². The molecule has 1 aromatic carbocycles. The van der Waals surface area contributed by atoms with Crippen LogP contribution < -0.4 is 10.3 Å². The van der Waals surface area contributed by atoms with Gasteiger partial charge in [-0.1, -0.05) is 27.2 Å². The molecule has 1 N–H and O–H groups in total. The van der Waals surface area contributed by atoms with Crippen molar-refractivity contribution in [2.45, 2.75) is 51.4 Å². The Morgan fingerprint density at radius 2 is 1.91 bits per heavy atom. The fourth-order valence-electron chi connectivity index (χ4n) is 4.79. The van der Waals surface area contributed by atoms with Gasteiger partial charge in [0, 0.05) is 16.7 Å². The molecule has 4 heteroatoms. The highest BCUT2D eigenvalue weighted by molar-refractivity contribution is 5.45. The van der Waals surface area contributed by atoms with Crippen LogP contribution in [0, 0.1) is 5.41 Å². The first-order valence-corrected chi connectivity index (χ1v) is 8.40. The van der Waals surface area contributed by atoms with E-state index in [9.17, 15) is 4.79 Å². The van der Waals surface area contributed by atoms with Crippen LogP contribution in [0.3, 0.4) is 0 Å². The minimum Gasteiger partial charge on any atom is -0.497 e. The molecule has 1 saturated carbocycles. The number of aromatic nitrogens is 2. The van der Waals surface area contributed by atoms with Gasteiger partial charge in [0.25, 0.3) is 5.56 Å². The second-order valence-electron chi connectivity index (χ2n) is 7.74. The van der Waals surface area contributed by atoms with Gasteiger partial charge in [0.15, 0.2) is 0 Å². The number of H-pyrrole nitrogens is 1. The normalized spacial score (nSPS) is 27.7. The molecule has 2 aliphatic carbocycles. The van der Waals surface area contributed by atoms with Crippen molar-refractivity contribution in [3.63, 3.8) is 0 Å². The minimum atomic E-state index is 0.0577. The zero-order chi connectivity index (χ0) is 16.4. The van der Waals surface area contributed by atoms with Gasteiger partial charge in [-0.3, -0.25) is 9.89 Å². The molecule has 2 atom stereocenters. The number of rotatable bonds is 2. The van der Waals surface area contributed by atoms with Gasteiger partial charge in [0.05, 0.1) is 12.8 Å². The molecule has 4 rings (SSSR count). The number of nitrogens with zero attached hydrogens (tertiary/aromatic N) is 1. The Morgan fingerprint density at radius 1 is 1.22 bits per heavy atom. The van der Waals surface area contributed by atoms with Crippen LogP contribution in [-0.2, 0) is 5.41 Å². The molecular weight excluding hydrogens is 288 g/mol. The van der Waals surface area contributed by atoms with Crippen LogP contribution in [0.2, 0.25) is 0 Å². The third-order valence-corrected chi connectivity index (χ3v) is 6.62. The molecule has 1 heterocycles. The van der Waals surface area contributed by atoms with Crippen molar-refractivity contribution in [2.24, 2.45) is 5.41 Å². The van der Waals surface area contributed by atoms with Gasteiger partial charge in [0.1, 0.15) is 5.75 Å². The number of aromatic amines is 1. The first-order chi connectivity index (χ1) is 10.9. The largest absolute Gasteiger partial charge is 0.497 e. The van der Waals surface area contributed by atoms with E-state index in [1.807, 2.05) is 24.3 Å². The highest BCUT2D eigenvalue weighted by Crippen LogP contribution is 2.63. The highest BCUT2D eigenvalue weighted by atomic mass is 16.5. The van der Waals surface area contributed by atoms with Crippen LogP contribution in [0.15, 0.2) is 29.1 Å². The Bertz CT molecular complexity index is 813. The quantitative estimate of drug-likeness (QED) is 0.918. The number of hydrogen-bond donors (Lipinski definition) is 1. The standard InChI is InChI=1S/C19H24N2O2/c1-18(2)14-6-5-11-19(18,3)16-15(14)17(22)21(20-16)12-7-9-13(23-4)10-8-12/h7-10,14,20H,5-6,11H2,1-4H3/t14?,19-/m0/s1. The predicted molar refractivity (Wildman–Crippen MR) is 90.7 cm³/mol. The molecule has 122 valence electrons. The van der Waals surface area contributed by atoms with E-state index in [0.29, 0.717) is 5.92 Å². The van der Waals surface area contributed by atoms with Crippen molar-refractivity contribution in [3.8, 4) is 11.4 Å². The Balaban J connectivity index is 1.88. The van der Waals surface area contributed by atoms with Crippen molar-refractivity contribution in [1.29, 1.82) is 0 Å². The lowest BCUT2D eigenvalue weighted by atomic mass is 9.58. The average molecular weight is 312 g/mol. The molecule has 0 radical (unpaired) electrons. The monoisotopic (exact) mass is 312 g/mol. The number of ether oxygens (including phenoxy) is 1. The molecule has 0 amide bonds. The van der Waals surface area contributed by atoms with E-state index in [-0.39, 0.29) is 16.4 Å². The van der Waals surface area contributed by atoms with Gasteiger partial charge in [-0.2, -0.15) is 0 Å². The van der Waals surface area contributed by atoms with E-state index >= 15 is 0 Å². The van der Waals surface area contributed by atoms with E-state index in [1.54, 1.807) is 11.8 Å². The summed E-state index contributed by atoms with van der Waals surface area (Å²) in [6.45, 7) is 6.96. The van der Waals surface area contributed by atoms with Gasteiger partial charge in [-0.25, -0.2) is 4.68 Å². The highest BCUT2D eigenvalue weighted by Gasteiger charge is 2.59. The Kier molecular flexibility index (Phi) is 2.88. The molecule has 1 aromatic heterocycles. The van der Waals surface area contributed by atoms with E-state index in [2.05, 4.69) is 25.9 Å². The predicted octanol–water partition coefficient (Wildman–Crippen LogP) is 3.74. The lowest BCUT2D eigenvalue weighted by Gasteiger charge is -2.46. The van der Waals surface area contributed by atoms with E-state index in [4.69, 9.17) is 4.74 Å². The van der Waals surface area contributed by atoms with E-state index in [0.717, 1.165) is 35.5 Å². The smallest absolute Gasteiger partial charge is 0.274 e. The summed E-state index contributed by atoms with van der Waals surface area (Å²) >= 11 is 0. The topological polar surface area (TPSA) is 47.0 Å². The second kappa shape index (κ2) is 4.53. The number of fused-ring (bicyclic) bond motifs is 5. The molecule has 2 aliphatic rings. The fourth-order valence-corrected chi connectivity index (χ4v) is 4.79. The lowest BCUT2D eigenvalue weighted by Crippen LogP contribution is -2.42. The van der Waals surface area contributed by atoms with Crippen LogP contribution in [0.1, 0.15) is 57.2 Å². The fraction of sp³-hybridized carbons (Fsp3) is 0.526. The molecule has 0 saturated heterocycles. The SMILES string of the molecule is COc1ccc(-n2[nH]c3c(c2=O)C2CCC[C@]3(C)C2(C)C)cc1. The molecule has 2 bridgehead atoms. The third-order valence-electron chi connectivity index (χ3n) is 6.62. The Morgan fingerprint density at radius 3 is 2.57 bits per heavy atom. The first kappa shape index (κ1) is 14.6. The van der Waals surface area contributed by atoms with Crippen LogP contribution in [0.25, 0.3) is 5.69 Å². The van der Waals surface area contributed by atoms with Crippen molar-refractivity contribution < 1.29 is 4.74 Å². The number of methoxy groups -OCH3 is 1. The van der Waals surface area contributed by atoms with Gasteiger partial charge in [0.2, 0.25) is 0 Å². The van der Waals surface area contributed by atoms with Crippen molar-refractivity contribution in [2.75, 3.05) is 7.11 Å². The maximum atomic E-state index is 13.1. The molecule has 1 fully saturated rings. The minimum absolute atomic E-state index is 0.0577. The Labute approximate surface area is 136 Å². The molecule has 2 aromatic rings. The molecule has 23 heavy (non-hydrogen) atoms. The molecule has 0 aliphatic heterocycles. The number of nitrogens with one attached hydrogen (secondary N) is 1. The van der Waals surface area contributed by atoms with Gasteiger partial charge in [-0.05, 0) is 48.4 Å². The molecule has 0 spiro atoms. The zero-order valence-electron chi connectivity index (χ0n) is 14.3. The van der Waals surface area contributed by atoms with E-state index < -0.39 is 0 Å². The summed E-state index contributed by atoms with van der Waals surface area (Å²) < 4.78 is 6.91. The van der Waals surface area contributed by atoms with Gasteiger partial charge < -0.3 is 4.74 Å². The molecule has 1 unspecified atom stereocenters. The van der Waals surface area contributed by atoms with Crippen molar-refractivity contribution >= 4 is 0 Å². The average Bonchev–Trinajstić information content (AvgIpc) is 2.87. The van der Waals surface area contributed by atoms with Crippen LogP contribution in [0.5, 0.6) is 5.75 Å². The molecular formula is C19H24N2O2. The summed E-state index contributed by atoms with van der Waals surface area (Å²) in [5, 5.41) is 3.45. The summed E-state index contributed by atoms with van der Waals surface area (Å²) in [5.41, 5.74) is 3.36. The summed E-state index contributed by atoms with van der Waals surface area (Å²) in [7, 11) is 1.65. The zero-order valence-corrected chi connectivity index (χ0v) is 14.3. The summed E-state index contributed by atoms with van der Waals surface area (Å²) in [6.07, 6.45) is 3.46.